The van der Waals surface area contributed by atoms with Gasteiger partial charge in [-0.2, -0.15) is 0 Å². The molecule has 0 unspecified atom stereocenters. The molecule has 0 N–H and O–H groups in total. The Hall–Kier alpha value is -1.32. The van der Waals surface area contributed by atoms with E-state index in [1.165, 1.54) is 0 Å². The lowest BCUT2D eigenvalue weighted by Gasteiger charge is -2.21. The highest BCUT2D eigenvalue weighted by atomic mass is 16.2. The van der Waals surface area contributed by atoms with E-state index in [1.807, 2.05) is 0 Å². The van der Waals surface area contributed by atoms with E-state index >= 15 is 0 Å². The number of Topliss-reactive ketones (excluding diaryl/α,β-unsaturated/α-hetero) is 3. The van der Waals surface area contributed by atoms with Gasteiger partial charge in [-0.3, -0.25) is 19.2 Å². The molecular weight excluding hydrogens is 160 g/mol. The van der Waals surface area contributed by atoms with E-state index in [0.29, 0.717) is 12.8 Å². The molecule has 0 aromatic heterocycles. The van der Waals surface area contributed by atoms with Crippen LogP contribution in [0.15, 0.2) is 0 Å². The Labute approximate surface area is 68.9 Å². The zero-order valence-corrected chi connectivity index (χ0v) is 6.33. The first-order valence-electron chi connectivity index (χ1n) is 3.67. The summed E-state index contributed by atoms with van der Waals surface area (Å²) in [5.41, 5.74) is 0. The molecule has 1 rings (SSSR count). The number of rotatable bonds is 4. The maximum absolute atomic E-state index is 11.0. The van der Waals surface area contributed by atoms with Gasteiger partial charge in [0.05, 0.1) is 0 Å². The van der Waals surface area contributed by atoms with Crippen molar-refractivity contribution in [3.8, 4) is 0 Å². The van der Waals surface area contributed by atoms with Crippen LogP contribution < -0.4 is 0 Å². The van der Waals surface area contributed by atoms with Crippen LogP contribution in [0.2, 0.25) is 0 Å². The molecule has 0 aromatic rings. The van der Waals surface area contributed by atoms with Gasteiger partial charge in [0.25, 0.3) is 17.9 Å². The van der Waals surface area contributed by atoms with Gasteiger partial charge in [0, 0.05) is 5.92 Å². The van der Waals surface area contributed by atoms with Gasteiger partial charge in [0.1, 0.15) is 0 Å². The molecule has 4 nitrogen and oxygen atoms in total. The summed E-state index contributed by atoms with van der Waals surface area (Å²) in [6, 6.07) is 0. The molecule has 1 saturated carbocycles. The van der Waals surface area contributed by atoms with Crippen LogP contribution in [-0.4, -0.2) is 23.6 Å². The van der Waals surface area contributed by atoms with Gasteiger partial charge in [-0.25, -0.2) is 0 Å². The molecule has 63 valence electrons. The Morgan fingerprint density at radius 1 is 1.17 bits per heavy atom. The molecule has 1 aliphatic carbocycles. The van der Waals surface area contributed by atoms with Gasteiger partial charge in [0.15, 0.2) is 0 Å². The van der Waals surface area contributed by atoms with Crippen molar-refractivity contribution in [3.05, 3.63) is 0 Å². The molecule has 0 bridgehead atoms. The molecular formula is C8H7O4. The fourth-order valence-corrected chi connectivity index (χ4v) is 1.01. The molecule has 0 atom stereocenters. The van der Waals surface area contributed by atoms with Gasteiger partial charge < -0.3 is 0 Å². The van der Waals surface area contributed by atoms with Crippen LogP contribution in [-0.2, 0) is 19.2 Å². The number of ketones is 3. The van der Waals surface area contributed by atoms with Gasteiger partial charge >= 0.3 is 0 Å². The molecule has 12 heavy (non-hydrogen) atoms. The average Bonchev–Trinajstić information content (AvgIpc) is 1.98. The first kappa shape index (κ1) is 8.77. The van der Waals surface area contributed by atoms with Gasteiger partial charge in [0.2, 0.25) is 5.78 Å². The van der Waals surface area contributed by atoms with Crippen LogP contribution in [0, 0.1) is 5.92 Å². The zero-order chi connectivity index (χ0) is 9.14. The summed E-state index contributed by atoms with van der Waals surface area (Å²) in [7, 11) is 0. The zero-order valence-electron chi connectivity index (χ0n) is 6.33. The van der Waals surface area contributed by atoms with Crippen molar-refractivity contribution in [3.63, 3.8) is 0 Å². The molecule has 0 saturated heterocycles. The number of carbonyl (C=O) groups is 3. The fraction of sp³-hybridized carbons (Fsp3) is 0.500. The first-order chi connectivity index (χ1) is 5.66. The van der Waals surface area contributed by atoms with E-state index in [2.05, 4.69) is 0 Å². The molecule has 1 aliphatic rings. The Morgan fingerprint density at radius 2 is 1.75 bits per heavy atom. The van der Waals surface area contributed by atoms with Crippen molar-refractivity contribution in [2.45, 2.75) is 19.3 Å². The van der Waals surface area contributed by atoms with Crippen molar-refractivity contribution in [1.82, 2.24) is 0 Å². The molecule has 0 heterocycles. The second-order valence-electron chi connectivity index (χ2n) is 2.75. The predicted octanol–water partition coefficient (Wildman–Crippen LogP) is -0.397. The minimum Gasteiger partial charge on any atom is -0.290 e. The van der Waals surface area contributed by atoms with E-state index in [4.69, 9.17) is 0 Å². The van der Waals surface area contributed by atoms with Crippen LogP contribution in [0.1, 0.15) is 19.3 Å². The Balaban J connectivity index is 2.57. The molecule has 0 spiro atoms. The lowest BCUT2D eigenvalue weighted by atomic mass is 9.80. The SMILES string of the molecule is O=[C]C(=O)C(=O)C(=O)C1CCC1. The van der Waals surface area contributed by atoms with Crippen molar-refractivity contribution in [2.75, 3.05) is 0 Å². The molecule has 4 heteroatoms. The van der Waals surface area contributed by atoms with Crippen molar-refractivity contribution in [2.24, 2.45) is 5.92 Å². The summed E-state index contributed by atoms with van der Waals surface area (Å²) in [5, 5.41) is 0. The van der Waals surface area contributed by atoms with Crippen LogP contribution in [0.25, 0.3) is 0 Å². The van der Waals surface area contributed by atoms with E-state index in [1.54, 1.807) is 0 Å². The Morgan fingerprint density at radius 3 is 2.08 bits per heavy atom. The number of hydrogen-bond acceptors (Lipinski definition) is 4. The monoisotopic (exact) mass is 167 g/mol. The summed E-state index contributed by atoms with van der Waals surface area (Å²) in [6.07, 6.45) is 3.09. The van der Waals surface area contributed by atoms with Crippen molar-refractivity contribution < 1.29 is 19.2 Å². The third kappa shape index (κ3) is 1.47. The van der Waals surface area contributed by atoms with E-state index in [-0.39, 0.29) is 5.92 Å². The highest BCUT2D eigenvalue weighted by Crippen LogP contribution is 2.27. The molecule has 1 radical (unpaired) electrons. The van der Waals surface area contributed by atoms with Gasteiger partial charge in [-0.15, -0.1) is 0 Å². The normalized spacial score (nSPS) is 16.3. The van der Waals surface area contributed by atoms with Crippen molar-refractivity contribution in [1.29, 1.82) is 0 Å². The fourth-order valence-electron chi connectivity index (χ4n) is 1.01. The third-order valence-electron chi connectivity index (χ3n) is 2.00. The topological polar surface area (TPSA) is 68.3 Å². The molecule has 1 fully saturated rings. The highest BCUT2D eigenvalue weighted by molar-refractivity contribution is 6.75. The number of hydrogen-bond donors (Lipinski definition) is 0. The van der Waals surface area contributed by atoms with E-state index < -0.39 is 17.3 Å². The molecule has 0 aliphatic heterocycles. The quantitative estimate of drug-likeness (QED) is 0.422. The van der Waals surface area contributed by atoms with E-state index in [0.717, 1.165) is 12.7 Å². The van der Waals surface area contributed by atoms with Gasteiger partial charge in [-0.1, -0.05) is 6.42 Å². The summed E-state index contributed by atoms with van der Waals surface area (Å²) < 4.78 is 0. The smallest absolute Gasteiger partial charge is 0.281 e. The second-order valence-corrected chi connectivity index (χ2v) is 2.75. The lowest BCUT2D eigenvalue weighted by molar-refractivity contribution is -0.144. The molecule has 0 amide bonds. The summed E-state index contributed by atoms with van der Waals surface area (Å²) in [5.74, 6) is -3.62. The van der Waals surface area contributed by atoms with Crippen LogP contribution in [0.4, 0.5) is 0 Å². The summed E-state index contributed by atoms with van der Waals surface area (Å²) in [4.78, 5) is 41.9. The highest BCUT2D eigenvalue weighted by Gasteiger charge is 2.33. The summed E-state index contributed by atoms with van der Waals surface area (Å²) >= 11 is 0. The van der Waals surface area contributed by atoms with Crippen LogP contribution in [0.3, 0.4) is 0 Å². The Bertz CT molecular complexity index is 250. The van der Waals surface area contributed by atoms with Gasteiger partial charge in [-0.05, 0) is 12.8 Å². The molecule has 0 aromatic carbocycles. The standard InChI is InChI=1S/C8H7O4/c9-4-6(10)8(12)7(11)5-2-1-3-5/h5H,1-3H2. The first-order valence-corrected chi connectivity index (χ1v) is 3.67. The average molecular weight is 167 g/mol. The minimum absolute atomic E-state index is 0.324. The van der Waals surface area contributed by atoms with Crippen LogP contribution >= 0.6 is 0 Å². The van der Waals surface area contributed by atoms with E-state index in [9.17, 15) is 19.2 Å². The van der Waals surface area contributed by atoms with Crippen LogP contribution in [0.5, 0.6) is 0 Å². The summed E-state index contributed by atoms with van der Waals surface area (Å²) in [6.45, 7) is 0. The number of carbonyl (C=O) groups excluding carboxylic acids is 4. The maximum atomic E-state index is 11.0. The van der Waals surface area contributed by atoms with Crippen molar-refractivity contribution >= 4 is 23.6 Å². The lowest BCUT2D eigenvalue weighted by Crippen LogP contribution is -2.33. The predicted molar refractivity (Wildman–Crippen MR) is 38.1 cm³/mol. The third-order valence-corrected chi connectivity index (χ3v) is 2.00. The minimum atomic E-state index is -1.35. The second kappa shape index (κ2) is 3.38. The largest absolute Gasteiger partial charge is 0.290 e. The maximum Gasteiger partial charge on any atom is 0.281 e. The Kier molecular flexibility index (Phi) is 2.47.